The Labute approximate surface area is 142 Å². The van der Waals surface area contributed by atoms with Crippen LogP contribution < -0.4 is 11.1 Å². The highest BCUT2D eigenvalue weighted by Crippen LogP contribution is 2.26. The van der Waals surface area contributed by atoms with E-state index in [1.807, 2.05) is 11.8 Å². The minimum absolute atomic E-state index is 0.0855. The largest absolute Gasteiger partial charge is 0.369 e. The summed E-state index contributed by atoms with van der Waals surface area (Å²) in [6, 6.07) is 2.09. The predicted molar refractivity (Wildman–Crippen MR) is 93.3 cm³/mol. The van der Waals surface area contributed by atoms with Crippen LogP contribution in [0.2, 0.25) is 0 Å². The number of likely N-dealkylation sites (tertiary alicyclic amines) is 1. The Kier molecular flexibility index (Phi) is 5.81. The van der Waals surface area contributed by atoms with Gasteiger partial charge in [-0.2, -0.15) is 0 Å². The van der Waals surface area contributed by atoms with Gasteiger partial charge in [0.25, 0.3) is 0 Å². The average molecular weight is 337 g/mol. The lowest BCUT2D eigenvalue weighted by Gasteiger charge is -2.33. The minimum Gasteiger partial charge on any atom is -0.369 e. The SMILES string of the molecule is Cc1cc([C@@H](C)N[C@@H](C)C(=O)N2CCC(C(N)=O)CC2)c(C)s1. The molecule has 3 N–H and O–H groups in total. The molecule has 2 atom stereocenters. The number of primary amides is 1. The molecule has 128 valence electrons. The summed E-state index contributed by atoms with van der Waals surface area (Å²) in [5.41, 5.74) is 6.60. The van der Waals surface area contributed by atoms with Gasteiger partial charge in [-0.1, -0.05) is 0 Å². The van der Waals surface area contributed by atoms with Gasteiger partial charge in [0.05, 0.1) is 6.04 Å². The van der Waals surface area contributed by atoms with Crippen LogP contribution >= 0.6 is 11.3 Å². The first kappa shape index (κ1) is 17.9. The van der Waals surface area contributed by atoms with Crippen molar-refractivity contribution in [2.24, 2.45) is 11.7 Å². The van der Waals surface area contributed by atoms with Gasteiger partial charge < -0.3 is 10.6 Å². The molecular weight excluding hydrogens is 310 g/mol. The third-order valence-corrected chi connectivity index (χ3v) is 5.61. The van der Waals surface area contributed by atoms with E-state index in [1.165, 1.54) is 15.3 Å². The van der Waals surface area contributed by atoms with Gasteiger partial charge in [0, 0.05) is 34.8 Å². The van der Waals surface area contributed by atoms with Crippen molar-refractivity contribution in [2.75, 3.05) is 13.1 Å². The van der Waals surface area contributed by atoms with Gasteiger partial charge in [0.2, 0.25) is 11.8 Å². The van der Waals surface area contributed by atoms with E-state index in [9.17, 15) is 9.59 Å². The number of nitrogens with one attached hydrogen (secondary N) is 1. The van der Waals surface area contributed by atoms with Crippen molar-refractivity contribution >= 4 is 23.2 Å². The number of piperidine rings is 1. The molecule has 0 aliphatic carbocycles. The zero-order valence-corrected chi connectivity index (χ0v) is 15.2. The molecule has 2 rings (SSSR count). The molecular formula is C17H27N3O2S. The lowest BCUT2D eigenvalue weighted by Crippen LogP contribution is -2.49. The number of amides is 2. The summed E-state index contributed by atoms with van der Waals surface area (Å²) in [4.78, 5) is 28.2. The van der Waals surface area contributed by atoms with Crippen LogP contribution in [-0.4, -0.2) is 35.8 Å². The summed E-state index contributed by atoms with van der Waals surface area (Å²) in [7, 11) is 0. The molecule has 1 aliphatic rings. The van der Waals surface area contributed by atoms with E-state index < -0.39 is 0 Å². The Morgan fingerprint density at radius 1 is 1.30 bits per heavy atom. The summed E-state index contributed by atoms with van der Waals surface area (Å²) >= 11 is 1.78. The summed E-state index contributed by atoms with van der Waals surface area (Å²) in [5, 5.41) is 3.41. The van der Waals surface area contributed by atoms with E-state index in [0.29, 0.717) is 25.9 Å². The number of thiophene rings is 1. The first-order valence-electron chi connectivity index (χ1n) is 8.20. The maximum absolute atomic E-state index is 12.6. The molecule has 1 aliphatic heterocycles. The van der Waals surface area contributed by atoms with Crippen molar-refractivity contribution in [3.63, 3.8) is 0 Å². The van der Waals surface area contributed by atoms with Crippen molar-refractivity contribution in [1.29, 1.82) is 0 Å². The zero-order valence-electron chi connectivity index (χ0n) is 14.4. The molecule has 0 bridgehead atoms. The molecule has 0 saturated carbocycles. The summed E-state index contributed by atoms with van der Waals surface area (Å²) < 4.78 is 0. The second kappa shape index (κ2) is 7.45. The second-order valence-corrected chi connectivity index (χ2v) is 7.94. The number of carbonyl (C=O) groups is 2. The van der Waals surface area contributed by atoms with Crippen LogP contribution in [0.5, 0.6) is 0 Å². The quantitative estimate of drug-likeness (QED) is 0.864. The van der Waals surface area contributed by atoms with Crippen LogP contribution in [0.1, 0.15) is 48.0 Å². The maximum atomic E-state index is 12.6. The van der Waals surface area contributed by atoms with E-state index in [4.69, 9.17) is 5.73 Å². The van der Waals surface area contributed by atoms with Gasteiger partial charge in [-0.15, -0.1) is 11.3 Å². The molecule has 0 radical (unpaired) electrons. The van der Waals surface area contributed by atoms with Gasteiger partial charge in [-0.05, 0) is 52.2 Å². The molecule has 0 spiro atoms. The van der Waals surface area contributed by atoms with E-state index >= 15 is 0 Å². The van der Waals surface area contributed by atoms with Crippen LogP contribution in [0.4, 0.5) is 0 Å². The standard InChI is InChI=1S/C17H27N3O2S/c1-10-9-15(13(4)23-10)11(2)19-12(3)17(22)20-7-5-14(6-8-20)16(18)21/h9,11-12,14,19H,5-8H2,1-4H3,(H2,18,21)/t11-,12+/m1/s1. The summed E-state index contributed by atoms with van der Waals surface area (Å²) in [6.45, 7) is 9.45. The van der Waals surface area contributed by atoms with Crippen molar-refractivity contribution in [3.8, 4) is 0 Å². The Morgan fingerprint density at radius 2 is 1.91 bits per heavy atom. The zero-order chi connectivity index (χ0) is 17.1. The van der Waals surface area contributed by atoms with Crippen molar-refractivity contribution in [3.05, 3.63) is 21.4 Å². The van der Waals surface area contributed by atoms with E-state index in [2.05, 4.69) is 32.2 Å². The molecule has 5 nitrogen and oxygen atoms in total. The van der Waals surface area contributed by atoms with E-state index in [0.717, 1.165) is 0 Å². The molecule has 0 aromatic carbocycles. The first-order valence-corrected chi connectivity index (χ1v) is 9.02. The maximum Gasteiger partial charge on any atom is 0.239 e. The molecule has 1 saturated heterocycles. The van der Waals surface area contributed by atoms with Crippen LogP contribution in [-0.2, 0) is 9.59 Å². The van der Waals surface area contributed by atoms with Crippen LogP contribution in [0.3, 0.4) is 0 Å². The third-order valence-electron chi connectivity index (χ3n) is 4.63. The van der Waals surface area contributed by atoms with Gasteiger partial charge >= 0.3 is 0 Å². The van der Waals surface area contributed by atoms with Gasteiger partial charge in [0.1, 0.15) is 0 Å². The fraction of sp³-hybridized carbons (Fsp3) is 0.647. The fourth-order valence-corrected chi connectivity index (χ4v) is 4.30. The van der Waals surface area contributed by atoms with Gasteiger partial charge in [0.15, 0.2) is 0 Å². The molecule has 2 heterocycles. The number of hydrogen-bond donors (Lipinski definition) is 2. The molecule has 2 amide bonds. The molecule has 1 aromatic heterocycles. The monoisotopic (exact) mass is 337 g/mol. The van der Waals surface area contributed by atoms with Crippen LogP contribution in [0, 0.1) is 19.8 Å². The Morgan fingerprint density at radius 3 is 2.39 bits per heavy atom. The topological polar surface area (TPSA) is 75.4 Å². The highest BCUT2D eigenvalue weighted by Gasteiger charge is 2.29. The van der Waals surface area contributed by atoms with E-state index in [-0.39, 0.29) is 29.8 Å². The lowest BCUT2D eigenvalue weighted by molar-refractivity contribution is -0.136. The third kappa shape index (κ3) is 4.32. The average Bonchev–Trinajstić information content (AvgIpc) is 2.85. The van der Waals surface area contributed by atoms with Crippen molar-refractivity contribution in [1.82, 2.24) is 10.2 Å². The number of rotatable bonds is 5. The summed E-state index contributed by atoms with van der Waals surface area (Å²) in [6.07, 6.45) is 1.35. The number of hydrogen-bond acceptors (Lipinski definition) is 4. The van der Waals surface area contributed by atoms with Crippen molar-refractivity contribution < 1.29 is 9.59 Å². The molecule has 6 heteroatoms. The van der Waals surface area contributed by atoms with Crippen molar-refractivity contribution in [2.45, 2.75) is 52.6 Å². The highest BCUT2D eigenvalue weighted by atomic mass is 32.1. The van der Waals surface area contributed by atoms with Crippen LogP contribution in [0.15, 0.2) is 6.07 Å². The number of nitrogens with two attached hydrogens (primary N) is 1. The van der Waals surface area contributed by atoms with Gasteiger partial charge in [-0.3, -0.25) is 14.9 Å². The van der Waals surface area contributed by atoms with Crippen LogP contribution in [0.25, 0.3) is 0 Å². The molecule has 0 unspecified atom stereocenters. The Hall–Kier alpha value is -1.40. The normalized spacial score (nSPS) is 18.7. The highest BCUT2D eigenvalue weighted by molar-refractivity contribution is 7.12. The van der Waals surface area contributed by atoms with Gasteiger partial charge in [-0.25, -0.2) is 0 Å². The lowest BCUT2D eigenvalue weighted by atomic mass is 9.96. The number of aryl methyl sites for hydroxylation is 2. The smallest absolute Gasteiger partial charge is 0.239 e. The summed E-state index contributed by atoms with van der Waals surface area (Å²) in [5.74, 6) is -0.234. The number of carbonyl (C=O) groups excluding carboxylic acids is 2. The first-order chi connectivity index (χ1) is 10.8. The molecule has 1 aromatic rings. The minimum atomic E-state index is -0.250. The second-order valence-electron chi connectivity index (χ2n) is 6.48. The molecule has 1 fully saturated rings. The van der Waals surface area contributed by atoms with E-state index in [1.54, 1.807) is 11.3 Å². The molecule has 23 heavy (non-hydrogen) atoms. The fourth-order valence-electron chi connectivity index (χ4n) is 3.27. The predicted octanol–water partition coefficient (Wildman–Crippen LogP) is 2.13. The number of nitrogens with zero attached hydrogens (tertiary/aromatic N) is 1. The Bertz CT molecular complexity index is 576. The Balaban J connectivity index is 1.90.